The van der Waals surface area contributed by atoms with E-state index in [9.17, 15) is 0 Å². The Bertz CT molecular complexity index is 283. The van der Waals surface area contributed by atoms with Crippen LogP contribution in [0.15, 0.2) is 11.4 Å². The Balaban J connectivity index is 2.46. The van der Waals surface area contributed by atoms with Crippen molar-refractivity contribution in [3.63, 3.8) is 0 Å². The Morgan fingerprint density at radius 1 is 1.53 bits per heavy atom. The molecule has 1 aromatic heterocycles. The standard InChI is InChI=1S/C11H21N3S/c1-9-4-7-15-11(9)10(8-12)13-5-6-14(2)3/h4,7,10,13H,5-6,8,12H2,1-3H3. The molecule has 3 N–H and O–H groups in total. The smallest absolute Gasteiger partial charge is 0.0542 e. The lowest BCUT2D eigenvalue weighted by atomic mass is 10.1. The predicted octanol–water partition coefficient (Wildman–Crippen LogP) is 1.21. The molecule has 0 bridgehead atoms. The second-order valence-electron chi connectivity index (χ2n) is 4.01. The van der Waals surface area contributed by atoms with Gasteiger partial charge in [0.15, 0.2) is 0 Å². The van der Waals surface area contributed by atoms with E-state index < -0.39 is 0 Å². The Morgan fingerprint density at radius 3 is 2.73 bits per heavy atom. The molecule has 1 atom stereocenters. The number of hydrogen-bond acceptors (Lipinski definition) is 4. The first-order chi connectivity index (χ1) is 7.15. The highest BCUT2D eigenvalue weighted by Crippen LogP contribution is 2.22. The maximum atomic E-state index is 5.78. The zero-order chi connectivity index (χ0) is 11.3. The van der Waals surface area contributed by atoms with E-state index in [1.54, 1.807) is 11.3 Å². The summed E-state index contributed by atoms with van der Waals surface area (Å²) in [6.07, 6.45) is 0. The van der Waals surface area contributed by atoms with Crippen LogP contribution in [0.1, 0.15) is 16.5 Å². The number of nitrogens with one attached hydrogen (secondary N) is 1. The van der Waals surface area contributed by atoms with Gasteiger partial charge in [-0.2, -0.15) is 0 Å². The third-order valence-corrected chi connectivity index (χ3v) is 3.54. The Kier molecular flexibility index (Phi) is 5.25. The molecule has 0 aromatic carbocycles. The van der Waals surface area contributed by atoms with Crippen LogP contribution in [0.2, 0.25) is 0 Å². The summed E-state index contributed by atoms with van der Waals surface area (Å²) in [5, 5.41) is 5.61. The molecule has 0 radical (unpaired) electrons. The van der Waals surface area contributed by atoms with E-state index in [2.05, 4.69) is 42.7 Å². The Hall–Kier alpha value is -0.420. The molecule has 0 saturated heterocycles. The van der Waals surface area contributed by atoms with Crippen molar-refractivity contribution in [3.8, 4) is 0 Å². The summed E-state index contributed by atoms with van der Waals surface area (Å²) >= 11 is 1.78. The molecule has 3 nitrogen and oxygen atoms in total. The lowest BCUT2D eigenvalue weighted by molar-refractivity contribution is 0.386. The van der Waals surface area contributed by atoms with E-state index >= 15 is 0 Å². The van der Waals surface area contributed by atoms with Crippen molar-refractivity contribution in [2.24, 2.45) is 5.73 Å². The van der Waals surface area contributed by atoms with Gasteiger partial charge in [-0.05, 0) is 38.0 Å². The number of aryl methyl sites for hydroxylation is 1. The molecular weight excluding hydrogens is 206 g/mol. The quantitative estimate of drug-likeness (QED) is 0.767. The molecule has 15 heavy (non-hydrogen) atoms. The van der Waals surface area contributed by atoms with Crippen LogP contribution >= 0.6 is 11.3 Å². The minimum atomic E-state index is 0.310. The molecule has 0 spiro atoms. The normalized spacial score (nSPS) is 13.4. The third-order valence-electron chi connectivity index (χ3n) is 2.40. The Morgan fingerprint density at radius 2 is 2.27 bits per heavy atom. The zero-order valence-corrected chi connectivity index (χ0v) is 10.6. The van der Waals surface area contributed by atoms with E-state index in [1.807, 2.05) is 0 Å². The van der Waals surface area contributed by atoms with Crippen molar-refractivity contribution in [1.82, 2.24) is 10.2 Å². The first-order valence-corrected chi connectivity index (χ1v) is 6.15. The summed E-state index contributed by atoms with van der Waals surface area (Å²) in [6.45, 7) is 4.82. The fourth-order valence-electron chi connectivity index (χ4n) is 1.49. The minimum Gasteiger partial charge on any atom is -0.329 e. The molecule has 1 rings (SSSR count). The van der Waals surface area contributed by atoms with E-state index in [-0.39, 0.29) is 0 Å². The third kappa shape index (κ3) is 3.91. The lowest BCUT2D eigenvalue weighted by Crippen LogP contribution is -2.33. The van der Waals surface area contributed by atoms with Crippen molar-refractivity contribution < 1.29 is 0 Å². The molecule has 0 fully saturated rings. The van der Waals surface area contributed by atoms with Crippen LogP contribution in [-0.2, 0) is 0 Å². The van der Waals surface area contributed by atoms with Crippen LogP contribution in [-0.4, -0.2) is 38.6 Å². The number of likely N-dealkylation sites (N-methyl/N-ethyl adjacent to an activating group) is 1. The van der Waals surface area contributed by atoms with Crippen molar-refractivity contribution >= 4 is 11.3 Å². The van der Waals surface area contributed by atoms with Crippen LogP contribution < -0.4 is 11.1 Å². The molecule has 0 aliphatic carbocycles. The van der Waals surface area contributed by atoms with Gasteiger partial charge in [-0.1, -0.05) is 0 Å². The second-order valence-corrected chi connectivity index (χ2v) is 4.96. The second kappa shape index (κ2) is 6.23. The molecule has 1 unspecified atom stereocenters. The van der Waals surface area contributed by atoms with Crippen LogP contribution in [0.5, 0.6) is 0 Å². The number of hydrogen-bond donors (Lipinski definition) is 2. The first kappa shape index (κ1) is 12.6. The van der Waals surface area contributed by atoms with Gasteiger partial charge in [0, 0.05) is 24.5 Å². The number of rotatable bonds is 6. The van der Waals surface area contributed by atoms with Crippen LogP contribution in [0.25, 0.3) is 0 Å². The highest BCUT2D eigenvalue weighted by Gasteiger charge is 2.12. The van der Waals surface area contributed by atoms with Gasteiger partial charge in [0.25, 0.3) is 0 Å². The average molecular weight is 227 g/mol. The van der Waals surface area contributed by atoms with Crippen LogP contribution in [0.3, 0.4) is 0 Å². The topological polar surface area (TPSA) is 41.3 Å². The summed E-state index contributed by atoms with van der Waals surface area (Å²) in [7, 11) is 4.16. The molecule has 0 saturated carbocycles. The number of nitrogens with two attached hydrogens (primary N) is 1. The van der Waals surface area contributed by atoms with E-state index in [4.69, 9.17) is 5.73 Å². The van der Waals surface area contributed by atoms with Gasteiger partial charge in [0.1, 0.15) is 0 Å². The fourth-order valence-corrected chi connectivity index (χ4v) is 2.50. The molecule has 0 aliphatic heterocycles. The maximum Gasteiger partial charge on any atom is 0.0542 e. The summed E-state index contributed by atoms with van der Waals surface area (Å²) in [5.74, 6) is 0. The lowest BCUT2D eigenvalue weighted by Gasteiger charge is -2.18. The molecular formula is C11H21N3S. The number of thiophene rings is 1. The van der Waals surface area contributed by atoms with E-state index in [0.717, 1.165) is 13.1 Å². The number of nitrogens with zero attached hydrogens (tertiary/aromatic N) is 1. The summed E-state index contributed by atoms with van der Waals surface area (Å²) in [5.41, 5.74) is 7.12. The molecule has 4 heteroatoms. The molecule has 1 heterocycles. The average Bonchev–Trinajstić information content (AvgIpc) is 2.59. The minimum absolute atomic E-state index is 0.310. The summed E-state index contributed by atoms with van der Waals surface area (Å²) in [6, 6.07) is 2.46. The molecule has 1 aromatic rings. The fraction of sp³-hybridized carbons (Fsp3) is 0.636. The predicted molar refractivity (Wildman–Crippen MR) is 67.4 cm³/mol. The van der Waals surface area contributed by atoms with Crippen LogP contribution in [0, 0.1) is 6.92 Å². The van der Waals surface area contributed by atoms with Gasteiger partial charge in [0.2, 0.25) is 0 Å². The van der Waals surface area contributed by atoms with Gasteiger partial charge in [-0.3, -0.25) is 0 Å². The summed E-state index contributed by atoms with van der Waals surface area (Å²) < 4.78 is 0. The monoisotopic (exact) mass is 227 g/mol. The Labute approximate surface area is 96.3 Å². The van der Waals surface area contributed by atoms with Crippen molar-refractivity contribution in [1.29, 1.82) is 0 Å². The van der Waals surface area contributed by atoms with Gasteiger partial charge in [-0.15, -0.1) is 11.3 Å². The molecule has 0 aliphatic rings. The van der Waals surface area contributed by atoms with Gasteiger partial charge < -0.3 is 16.0 Å². The van der Waals surface area contributed by atoms with Gasteiger partial charge in [-0.25, -0.2) is 0 Å². The van der Waals surface area contributed by atoms with Gasteiger partial charge >= 0.3 is 0 Å². The van der Waals surface area contributed by atoms with Gasteiger partial charge in [0.05, 0.1) is 6.04 Å². The largest absolute Gasteiger partial charge is 0.329 e. The first-order valence-electron chi connectivity index (χ1n) is 5.27. The highest BCUT2D eigenvalue weighted by atomic mass is 32.1. The van der Waals surface area contributed by atoms with E-state index in [1.165, 1.54) is 10.4 Å². The summed E-state index contributed by atoms with van der Waals surface area (Å²) in [4.78, 5) is 3.54. The molecule has 86 valence electrons. The maximum absolute atomic E-state index is 5.78. The zero-order valence-electron chi connectivity index (χ0n) is 9.79. The van der Waals surface area contributed by atoms with Crippen molar-refractivity contribution in [3.05, 3.63) is 21.9 Å². The molecule has 0 amide bonds. The van der Waals surface area contributed by atoms with Crippen molar-refractivity contribution in [2.75, 3.05) is 33.7 Å². The van der Waals surface area contributed by atoms with Crippen LogP contribution in [0.4, 0.5) is 0 Å². The van der Waals surface area contributed by atoms with Crippen molar-refractivity contribution in [2.45, 2.75) is 13.0 Å². The van der Waals surface area contributed by atoms with E-state index in [0.29, 0.717) is 12.6 Å². The highest BCUT2D eigenvalue weighted by molar-refractivity contribution is 7.10. The SMILES string of the molecule is Cc1ccsc1C(CN)NCCN(C)C.